The first-order valence-electron chi connectivity index (χ1n) is 6.19. The molecule has 2 rings (SSSR count). The summed E-state index contributed by atoms with van der Waals surface area (Å²) in [4.78, 5) is 0. The Labute approximate surface area is 152 Å². The maximum absolute atomic E-state index is 13.2. The number of benzene rings is 1. The van der Waals surface area contributed by atoms with E-state index in [0.29, 0.717) is 12.1 Å². The lowest BCUT2D eigenvalue weighted by Gasteiger charge is -2.12. The highest BCUT2D eigenvalue weighted by molar-refractivity contribution is 6.37. The Hall–Kier alpha value is -1.82. The van der Waals surface area contributed by atoms with Gasteiger partial charge in [0.25, 0.3) is 0 Å². The summed E-state index contributed by atoms with van der Waals surface area (Å²) in [7, 11) is 0. The van der Waals surface area contributed by atoms with Crippen molar-refractivity contribution in [1.29, 1.82) is 5.26 Å². The Kier molecular flexibility index (Phi) is 5.06. The third kappa shape index (κ3) is 3.89. The number of nitriles is 1. The molecule has 0 saturated carbocycles. The molecule has 2 aromatic rings. The van der Waals surface area contributed by atoms with Crippen LogP contribution in [-0.4, -0.2) is 15.2 Å². The quantitative estimate of drug-likeness (QED) is 0.461. The normalized spacial score (nSPS) is 12.1. The molecule has 0 saturated heterocycles. The standard InChI is InChI=1S/C14H5Cl3F5N3/c1-6(13(17,18)19)8-5-25(24-11(8)4-23)12-9(15)2-7(3-10(12)16)14(20,21)22/h2-3,5H,1H2. The maximum atomic E-state index is 13.2. The molecule has 0 aliphatic heterocycles. The molecule has 0 aliphatic carbocycles. The zero-order chi connectivity index (χ0) is 19.2. The molecule has 0 fully saturated rings. The molecular weight excluding hydrogens is 412 g/mol. The van der Waals surface area contributed by atoms with Crippen LogP contribution in [0.15, 0.2) is 24.9 Å². The Morgan fingerprint density at radius 1 is 1.16 bits per heavy atom. The summed E-state index contributed by atoms with van der Waals surface area (Å²) in [5.41, 5.74) is -3.09. The van der Waals surface area contributed by atoms with E-state index in [-0.39, 0.29) is 5.69 Å². The predicted octanol–water partition coefficient (Wildman–Crippen LogP) is 5.91. The van der Waals surface area contributed by atoms with E-state index in [1.165, 1.54) is 0 Å². The van der Waals surface area contributed by atoms with Crippen molar-refractivity contribution in [2.24, 2.45) is 0 Å². The van der Waals surface area contributed by atoms with E-state index in [0.717, 1.165) is 10.9 Å². The smallest absolute Gasteiger partial charge is 0.236 e. The van der Waals surface area contributed by atoms with Crippen molar-refractivity contribution in [1.82, 2.24) is 9.78 Å². The van der Waals surface area contributed by atoms with Gasteiger partial charge in [-0.15, -0.1) is 0 Å². The number of hydrogen-bond acceptors (Lipinski definition) is 2. The molecule has 25 heavy (non-hydrogen) atoms. The van der Waals surface area contributed by atoms with Crippen LogP contribution >= 0.6 is 34.8 Å². The zero-order valence-corrected chi connectivity index (χ0v) is 14.1. The van der Waals surface area contributed by atoms with E-state index in [2.05, 4.69) is 11.7 Å². The molecule has 0 unspecified atom stereocenters. The largest absolute Gasteiger partial charge is 0.416 e. The van der Waals surface area contributed by atoms with Crippen LogP contribution in [0, 0.1) is 11.3 Å². The van der Waals surface area contributed by atoms with E-state index in [4.69, 9.17) is 40.1 Å². The van der Waals surface area contributed by atoms with Crippen LogP contribution in [0.1, 0.15) is 16.8 Å². The summed E-state index contributed by atoms with van der Waals surface area (Å²) in [5, 5.41) is 7.97. The van der Waals surface area contributed by atoms with Crippen molar-refractivity contribution in [2.45, 2.75) is 11.6 Å². The third-order valence-corrected chi connectivity index (χ3v) is 3.87. The van der Waals surface area contributed by atoms with Crippen LogP contribution in [0.5, 0.6) is 0 Å². The Balaban J connectivity index is 2.64. The molecule has 1 aromatic heterocycles. The van der Waals surface area contributed by atoms with Gasteiger partial charge in [0.2, 0.25) is 0 Å². The second-order valence-corrected chi connectivity index (χ2v) is 6.00. The van der Waals surface area contributed by atoms with Gasteiger partial charge >= 0.3 is 11.6 Å². The summed E-state index contributed by atoms with van der Waals surface area (Å²) >= 11 is 16.5. The third-order valence-electron chi connectivity index (χ3n) is 3.06. The van der Waals surface area contributed by atoms with Crippen molar-refractivity contribution in [2.75, 3.05) is 0 Å². The lowest BCUT2D eigenvalue weighted by molar-refractivity contribution is -0.137. The van der Waals surface area contributed by atoms with Gasteiger partial charge in [-0.1, -0.05) is 29.8 Å². The minimum Gasteiger partial charge on any atom is -0.236 e. The van der Waals surface area contributed by atoms with Crippen molar-refractivity contribution >= 4 is 40.4 Å². The number of allylic oxidation sites excluding steroid dienone is 1. The highest BCUT2D eigenvalue weighted by atomic mass is 35.5. The average molecular weight is 417 g/mol. The fraction of sp³-hybridized carbons (Fsp3) is 0.143. The minimum atomic E-state index is -4.69. The van der Waals surface area contributed by atoms with Crippen molar-refractivity contribution < 1.29 is 22.0 Å². The molecule has 0 radical (unpaired) electrons. The summed E-state index contributed by atoms with van der Waals surface area (Å²) in [5.74, 6) is 0. The van der Waals surface area contributed by atoms with Crippen LogP contribution in [0.2, 0.25) is 10.0 Å². The highest BCUT2D eigenvalue weighted by Crippen LogP contribution is 2.39. The van der Waals surface area contributed by atoms with Gasteiger partial charge in [0, 0.05) is 17.3 Å². The molecule has 1 aromatic carbocycles. The van der Waals surface area contributed by atoms with E-state index in [1.807, 2.05) is 0 Å². The van der Waals surface area contributed by atoms with Gasteiger partial charge in [-0.2, -0.15) is 32.3 Å². The first-order valence-corrected chi connectivity index (χ1v) is 7.32. The minimum absolute atomic E-state index is 0.218. The lowest BCUT2D eigenvalue weighted by Crippen LogP contribution is -2.08. The second kappa shape index (κ2) is 6.48. The first-order chi connectivity index (χ1) is 11.4. The van der Waals surface area contributed by atoms with Gasteiger partial charge in [-0.3, -0.25) is 0 Å². The fourth-order valence-corrected chi connectivity index (χ4v) is 2.65. The van der Waals surface area contributed by atoms with Crippen LogP contribution in [0.25, 0.3) is 11.3 Å². The number of nitrogens with zero attached hydrogens (tertiary/aromatic N) is 3. The predicted molar refractivity (Wildman–Crippen MR) is 83.1 cm³/mol. The highest BCUT2D eigenvalue weighted by Gasteiger charge is 2.34. The maximum Gasteiger partial charge on any atom is 0.416 e. The van der Waals surface area contributed by atoms with Gasteiger partial charge in [0.05, 0.1) is 15.6 Å². The topological polar surface area (TPSA) is 41.6 Å². The fourth-order valence-electron chi connectivity index (χ4n) is 1.89. The summed E-state index contributed by atoms with van der Waals surface area (Å²) in [6.07, 6.45) is -3.76. The summed E-state index contributed by atoms with van der Waals surface area (Å²) < 4.78 is 65.5. The van der Waals surface area contributed by atoms with Crippen LogP contribution in [0.3, 0.4) is 0 Å². The molecule has 0 spiro atoms. The van der Waals surface area contributed by atoms with Crippen LogP contribution < -0.4 is 0 Å². The van der Waals surface area contributed by atoms with Crippen LogP contribution in [-0.2, 0) is 6.18 Å². The molecule has 0 bridgehead atoms. The molecule has 132 valence electrons. The molecule has 3 nitrogen and oxygen atoms in total. The Bertz CT molecular complexity index is 868. The van der Waals surface area contributed by atoms with Gasteiger partial charge in [0.15, 0.2) is 5.69 Å². The molecule has 0 aliphatic rings. The van der Waals surface area contributed by atoms with E-state index in [1.54, 1.807) is 6.07 Å². The molecule has 0 N–H and O–H groups in total. The van der Waals surface area contributed by atoms with E-state index >= 15 is 0 Å². The monoisotopic (exact) mass is 415 g/mol. The van der Waals surface area contributed by atoms with E-state index < -0.39 is 44.0 Å². The number of aromatic nitrogens is 2. The molecule has 0 amide bonds. The van der Waals surface area contributed by atoms with E-state index in [9.17, 15) is 22.0 Å². The number of alkyl halides is 6. The van der Waals surface area contributed by atoms with Crippen molar-refractivity contribution in [3.05, 3.63) is 51.8 Å². The zero-order valence-electron chi connectivity index (χ0n) is 11.8. The number of rotatable bonds is 3. The summed E-state index contributed by atoms with van der Waals surface area (Å²) in [6, 6.07) is 2.76. The van der Waals surface area contributed by atoms with Crippen molar-refractivity contribution in [3.8, 4) is 11.8 Å². The Morgan fingerprint density at radius 2 is 1.68 bits per heavy atom. The van der Waals surface area contributed by atoms with Gasteiger partial charge in [-0.05, 0) is 23.7 Å². The lowest BCUT2D eigenvalue weighted by atomic mass is 10.1. The number of halogens is 8. The Morgan fingerprint density at radius 3 is 2.08 bits per heavy atom. The van der Waals surface area contributed by atoms with Gasteiger partial charge in [-0.25, -0.2) is 4.68 Å². The summed E-state index contributed by atoms with van der Waals surface area (Å²) in [6.45, 7) is 3.10. The number of hydrogen-bond donors (Lipinski definition) is 0. The van der Waals surface area contributed by atoms with Crippen molar-refractivity contribution in [3.63, 3.8) is 0 Å². The van der Waals surface area contributed by atoms with Gasteiger partial charge < -0.3 is 0 Å². The first kappa shape index (κ1) is 19.5. The van der Waals surface area contributed by atoms with Gasteiger partial charge in [0.1, 0.15) is 11.8 Å². The molecule has 0 atom stereocenters. The SMILES string of the molecule is C=C(c1cn(-c2c(Cl)cc(C(F)(F)F)cc2Cl)nc1C#N)C(F)(F)Cl. The van der Waals surface area contributed by atoms with Crippen LogP contribution in [0.4, 0.5) is 22.0 Å². The molecule has 1 heterocycles. The molecular formula is C14H5Cl3F5N3. The average Bonchev–Trinajstić information content (AvgIpc) is 2.87. The second-order valence-electron chi connectivity index (χ2n) is 4.71. The molecule has 11 heteroatoms.